The van der Waals surface area contributed by atoms with Crippen molar-refractivity contribution in [2.75, 3.05) is 13.1 Å². The van der Waals surface area contributed by atoms with Crippen LogP contribution in [-0.4, -0.2) is 29.7 Å². The van der Waals surface area contributed by atoms with E-state index in [-0.39, 0.29) is 17.7 Å². The van der Waals surface area contributed by atoms with Crippen molar-refractivity contribution in [3.63, 3.8) is 0 Å². The van der Waals surface area contributed by atoms with Crippen LogP contribution in [0.15, 0.2) is 0 Å². The van der Waals surface area contributed by atoms with E-state index in [9.17, 15) is 9.59 Å². The minimum Gasteiger partial charge on any atom is -0.341 e. The highest BCUT2D eigenvalue weighted by molar-refractivity contribution is 5.85. The van der Waals surface area contributed by atoms with Gasteiger partial charge < -0.3 is 4.90 Å². The number of hydrogen-bond acceptors (Lipinski definition) is 2. The first-order chi connectivity index (χ1) is 7.09. The Hall–Kier alpha value is -0.860. The topological polar surface area (TPSA) is 37.4 Å². The number of carbonyl (C=O) groups is 2. The van der Waals surface area contributed by atoms with Crippen LogP contribution in [0.2, 0.25) is 0 Å². The van der Waals surface area contributed by atoms with Crippen LogP contribution in [-0.2, 0) is 9.59 Å². The summed E-state index contributed by atoms with van der Waals surface area (Å²) >= 11 is 0. The number of Topliss-reactive ketones (excluding diaryl/α,β-unsaturated/α-hetero) is 1. The second-order valence-electron chi connectivity index (χ2n) is 5.03. The van der Waals surface area contributed by atoms with E-state index in [2.05, 4.69) is 0 Å². The van der Waals surface area contributed by atoms with E-state index >= 15 is 0 Å². The zero-order valence-corrected chi connectivity index (χ0v) is 9.53. The minimum atomic E-state index is 0.0362. The summed E-state index contributed by atoms with van der Waals surface area (Å²) in [6, 6.07) is 0. The average Bonchev–Trinajstić information content (AvgIpc) is 3.03. The molecule has 0 N–H and O–H groups in total. The fraction of sp³-hybridized carbons (Fsp3) is 0.833. The van der Waals surface area contributed by atoms with Crippen LogP contribution in [0.4, 0.5) is 0 Å². The lowest BCUT2D eigenvalue weighted by atomic mass is 9.96. The third kappa shape index (κ3) is 2.21. The molecule has 2 unspecified atom stereocenters. The van der Waals surface area contributed by atoms with Crippen molar-refractivity contribution in [3.8, 4) is 0 Å². The lowest BCUT2D eigenvalue weighted by Crippen LogP contribution is -2.45. The normalized spacial score (nSPS) is 29.1. The van der Waals surface area contributed by atoms with Gasteiger partial charge in [-0.2, -0.15) is 0 Å². The van der Waals surface area contributed by atoms with Gasteiger partial charge in [-0.15, -0.1) is 0 Å². The number of likely N-dealkylation sites (tertiary alicyclic amines) is 1. The first kappa shape index (κ1) is 10.7. The van der Waals surface area contributed by atoms with Crippen molar-refractivity contribution < 1.29 is 9.59 Å². The maximum atomic E-state index is 12.0. The second kappa shape index (κ2) is 3.95. The summed E-state index contributed by atoms with van der Waals surface area (Å²) in [5.41, 5.74) is 0. The molecular formula is C12H19NO2. The number of piperidine rings is 1. The molecule has 3 nitrogen and oxygen atoms in total. The summed E-state index contributed by atoms with van der Waals surface area (Å²) in [6.45, 7) is 5.22. The van der Waals surface area contributed by atoms with Crippen molar-refractivity contribution in [2.45, 2.75) is 33.1 Å². The lowest BCUT2D eigenvalue weighted by Gasteiger charge is -2.32. The van der Waals surface area contributed by atoms with Gasteiger partial charge in [-0.05, 0) is 18.8 Å². The fourth-order valence-electron chi connectivity index (χ4n) is 2.30. The molecule has 0 bridgehead atoms. The Morgan fingerprint density at radius 1 is 1.47 bits per heavy atom. The van der Waals surface area contributed by atoms with E-state index in [0.29, 0.717) is 31.2 Å². The second-order valence-corrected chi connectivity index (χ2v) is 5.03. The SMILES string of the molecule is CC1CN(C(=O)C(C)C2CC2)CCC1=O. The Balaban J connectivity index is 1.92. The van der Waals surface area contributed by atoms with Crippen molar-refractivity contribution in [1.82, 2.24) is 4.90 Å². The minimum absolute atomic E-state index is 0.0362. The molecule has 2 atom stereocenters. The van der Waals surface area contributed by atoms with Crippen LogP contribution in [0.25, 0.3) is 0 Å². The molecule has 1 saturated heterocycles. The monoisotopic (exact) mass is 209 g/mol. The molecule has 1 saturated carbocycles. The fourth-order valence-corrected chi connectivity index (χ4v) is 2.30. The molecule has 84 valence electrons. The molecule has 0 aromatic heterocycles. The van der Waals surface area contributed by atoms with Gasteiger partial charge in [-0.1, -0.05) is 13.8 Å². The molecule has 1 aliphatic heterocycles. The van der Waals surface area contributed by atoms with E-state index in [0.717, 1.165) is 0 Å². The van der Waals surface area contributed by atoms with Crippen LogP contribution in [0.5, 0.6) is 0 Å². The number of carbonyl (C=O) groups excluding carboxylic acids is 2. The standard InChI is InChI=1S/C12H19NO2/c1-8-7-13(6-5-11(8)14)12(15)9(2)10-3-4-10/h8-10H,3-7H2,1-2H3. The van der Waals surface area contributed by atoms with Crippen LogP contribution in [0.3, 0.4) is 0 Å². The largest absolute Gasteiger partial charge is 0.341 e. The summed E-state index contributed by atoms with van der Waals surface area (Å²) in [5, 5.41) is 0. The van der Waals surface area contributed by atoms with E-state index in [1.54, 1.807) is 0 Å². The third-order valence-electron chi connectivity index (χ3n) is 3.70. The van der Waals surface area contributed by atoms with E-state index in [1.165, 1.54) is 12.8 Å². The van der Waals surface area contributed by atoms with Gasteiger partial charge in [-0.3, -0.25) is 9.59 Å². The predicted molar refractivity (Wildman–Crippen MR) is 57.3 cm³/mol. The van der Waals surface area contributed by atoms with Crippen molar-refractivity contribution in [3.05, 3.63) is 0 Å². The highest BCUT2D eigenvalue weighted by Gasteiger charge is 2.36. The molecule has 1 heterocycles. The first-order valence-corrected chi connectivity index (χ1v) is 5.91. The Morgan fingerprint density at radius 2 is 2.13 bits per heavy atom. The van der Waals surface area contributed by atoms with Gasteiger partial charge in [0, 0.05) is 31.3 Å². The molecule has 0 aromatic carbocycles. The van der Waals surface area contributed by atoms with E-state index in [4.69, 9.17) is 0 Å². The van der Waals surface area contributed by atoms with Crippen LogP contribution in [0, 0.1) is 17.8 Å². The summed E-state index contributed by atoms with van der Waals surface area (Å²) in [6.07, 6.45) is 2.95. The van der Waals surface area contributed by atoms with Crippen molar-refractivity contribution >= 4 is 11.7 Å². The Labute approximate surface area is 90.8 Å². The summed E-state index contributed by atoms with van der Waals surface area (Å²) in [4.78, 5) is 25.3. The molecule has 2 aliphatic rings. The smallest absolute Gasteiger partial charge is 0.225 e. The number of hydrogen-bond donors (Lipinski definition) is 0. The molecule has 0 aromatic rings. The predicted octanol–water partition coefficient (Wildman–Crippen LogP) is 1.47. The van der Waals surface area contributed by atoms with Gasteiger partial charge in [0.05, 0.1) is 0 Å². The Kier molecular flexibility index (Phi) is 2.81. The molecule has 1 amide bonds. The molecule has 2 rings (SSSR count). The van der Waals surface area contributed by atoms with Gasteiger partial charge in [0.25, 0.3) is 0 Å². The van der Waals surface area contributed by atoms with Crippen LogP contribution in [0.1, 0.15) is 33.1 Å². The van der Waals surface area contributed by atoms with E-state index in [1.807, 2.05) is 18.7 Å². The number of rotatable bonds is 2. The quantitative estimate of drug-likeness (QED) is 0.690. The number of nitrogens with zero attached hydrogens (tertiary/aromatic N) is 1. The molecule has 3 heteroatoms. The summed E-state index contributed by atoms with van der Waals surface area (Å²) in [7, 11) is 0. The summed E-state index contributed by atoms with van der Waals surface area (Å²) in [5.74, 6) is 1.39. The maximum absolute atomic E-state index is 12.0. The van der Waals surface area contributed by atoms with Gasteiger partial charge in [0.1, 0.15) is 5.78 Å². The molecule has 15 heavy (non-hydrogen) atoms. The summed E-state index contributed by atoms with van der Waals surface area (Å²) < 4.78 is 0. The molecule has 1 aliphatic carbocycles. The van der Waals surface area contributed by atoms with Crippen molar-refractivity contribution in [1.29, 1.82) is 0 Å². The average molecular weight is 209 g/mol. The number of amides is 1. The van der Waals surface area contributed by atoms with Crippen LogP contribution < -0.4 is 0 Å². The first-order valence-electron chi connectivity index (χ1n) is 5.91. The van der Waals surface area contributed by atoms with Gasteiger partial charge in [-0.25, -0.2) is 0 Å². The highest BCUT2D eigenvalue weighted by Crippen LogP contribution is 2.37. The number of ketones is 1. The zero-order chi connectivity index (χ0) is 11.0. The van der Waals surface area contributed by atoms with Gasteiger partial charge >= 0.3 is 0 Å². The Morgan fingerprint density at radius 3 is 2.67 bits per heavy atom. The van der Waals surface area contributed by atoms with Crippen LogP contribution >= 0.6 is 0 Å². The molecule has 0 spiro atoms. The maximum Gasteiger partial charge on any atom is 0.225 e. The highest BCUT2D eigenvalue weighted by atomic mass is 16.2. The van der Waals surface area contributed by atoms with Crippen molar-refractivity contribution in [2.24, 2.45) is 17.8 Å². The van der Waals surface area contributed by atoms with Gasteiger partial charge in [0.2, 0.25) is 5.91 Å². The Bertz CT molecular complexity index is 283. The molecule has 2 fully saturated rings. The van der Waals surface area contributed by atoms with Gasteiger partial charge in [0.15, 0.2) is 0 Å². The third-order valence-corrected chi connectivity index (χ3v) is 3.70. The molecule has 0 radical (unpaired) electrons. The zero-order valence-electron chi connectivity index (χ0n) is 9.53. The molecular weight excluding hydrogens is 190 g/mol. The lowest BCUT2D eigenvalue weighted by molar-refractivity contribution is -0.140. The van der Waals surface area contributed by atoms with E-state index < -0.39 is 0 Å².